The molecule has 0 fully saturated rings. The Balaban J connectivity index is 0.908. The third-order valence-electron chi connectivity index (χ3n) is 14.7. The normalized spacial score (nSPS) is 12.7. The van der Waals surface area contributed by atoms with E-state index in [9.17, 15) is 0 Å². The summed E-state index contributed by atoms with van der Waals surface area (Å²) < 4.78 is 5.07. The molecular formula is C67H44N2S. The molecule has 0 aliphatic heterocycles. The van der Waals surface area contributed by atoms with Gasteiger partial charge in [-0.2, -0.15) is 0 Å². The highest BCUT2D eigenvalue weighted by Gasteiger charge is 2.46. The summed E-state index contributed by atoms with van der Waals surface area (Å²) in [5.74, 6) is 0. The molecule has 1 aliphatic rings. The van der Waals surface area contributed by atoms with E-state index < -0.39 is 5.41 Å². The molecule has 3 heteroatoms. The summed E-state index contributed by atoms with van der Waals surface area (Å²) in [7, 11) is 0. The number of nitrogens with zero attached hydrogens (tertiary/aromatic N) is 2. The Morgan fingerprint density at radius 3 is 1.74 bits per heavy atom. The minimum Gasteiger partial charge on any atom is -0.310 e. The lowest BCUT2D eigenvalue weighted by Gasteiger charge is -2.34. The zero-order valence-corrected chi connectivity index (χ0v) is 39.0. The second kappa shape index (κ2) is 16.2. The fourth-order valence-electron chi connectivity index (χ4n) is 11.6. The van der Waals surface area contributed by atoms with Crippen LogP contribution in [0.2, 0.25) is 0 Å². The monoisotopic (exact) mass is 908 g/mol. The van der Waals surface area contributed by atoms with Crippen LogP contribution in [-0.2, 0) is 5.41 Å². The summed E-state index contributed by atoms with van der Waals surface area (Å²) in [6, 6.07) is 98.5. The predicted octanol–water partition coefficient (Wildman–Crippen LogP) is 18.3. The van der Waals surface area contributed by atoms with Crippen molar-refractivity contribution in [3.05, 3.63) is 289 Å². The van der Waals surface area contributed by atoms with Gasteiger partial charge < -0.3 is 9.47 Å². The number of anilines is 3. The maximum Gasteiger partial charge on any atom is 0.0713 e. The first-order chi connectivity index (χ1) is 34.7. The molecule has 0 unspecified atom stereocenters. The third kappa shape index (κ3) is 6.19. The van der Waals surface area contributed by atoms with Crippen LogP contribution in [0.3, 0.4) is 0 Å². The second-order valence-corrected chi connectivity index (χ2v) is 19.5. The van der Waals surface area contributed by atoms with E-state index in [0.717, 1.165) is 28.2 Å². The van der Waals surface area contributed by atoms with Crippen molar-refractivity contribution in [2.45, 2.75) is 5.41 Å². The summed E-state index contributed by atoms with van der Waals surface area (Å²) in [5.41, 5.74) is 18.7. The maximum atomic E-state index is 2.45. The Labute approximate surface area is 411 Å². The van der Waals surface area contributed by atoms with Crippen molar-refractivity contribution in [1.82, 2.24) is 4.57 Å². The van der Waals surface area contributed by atoms with Gasteiger partial charge in [-0.1, -0.05) is 200 Å². The first-order valence-electron chi connectivity index (χ1n) is 24.1. The molecule has 14 rings (SSSR count). The Hall–Kier alpha value is -8.76. The van der Waals surface area contributed by atoms with Gasteiger partial charge in [0.2, 0.25) is 0 Å². The topological polar surface area (TPSA) is 8.17 Å². The highest BCUT2D eigenvalue weighted by Crippen LogP contribution is 2.57. The lowest BCUT2D eigenvalue weighted by Crippen LogP contribution is -2.28. The van der Waals surface area contributed by atoms with Crippen LogP contribution < -0.4 is 4.90 Å². The van der Waals surface area contributed by atoms with E-state index in [0.29, 0.717) is 0 Å². The summed E-state index contributed by atoms with van der Waals surface area (Å²) in [4.78, 5) is 2.44. The Bertz CT molecular complexity index is 4090. The van der Waals surface area contributed by atoms with Gasteiger partial charge in [0.25, 0.3) is 0 Å². The first-order valence-corrected chi connectivity index (χ1v) is 24.9. The van der Waals surface area contributed by atoms with Gasteiger partial charge in [-0.15, -0.1) is 11.3 Å². The van der Waals surface area contributed by atoms with Crippen LogP contribution in [0.4, 0.5) is 17.1 Å². The third-order valence-corrected chi connectivity index (χ3v) is 15.8. The first kappa shape index (κ1) is 40.3. The number of aromatic nitrogens is 1. The highest BCUT2D eigenvalue weighted by molar-refractivity contribution is 7.25. The Morgan fingerprint density at radius 2 is 0.929 bits per heavy atom. The molecule has 2 aromatic heterocycles. The number of para-hydroxylation sites is 3. The van der Waals surface area contributed by atoms with E-state index in [2.05, 4.69) is 276 Å². The minimum absolute atomic E-state index is 0.465. The van der Waals surface area contributed by atoms with Gasteiger partial charge in [0.15, 0.2) is 0 Å². The van der Waals surface area contributed by atoms with Gasteiger partial charge in [-0.3, -0.25) is 0 Å². The van der Waals surface area contributed by atoms with Crippen LogP contribution in [-0.4, -0.2) is 4.57 Å². The van der Waals surface area contributed by atoms with Gasteiger partial charge in [-0.05, 0) is 117 Å². The quantitative estimate of drug-likeness (QED) is 0.147. The van der Waals surface area contributed by atoms with Gasteiger partial charge in [0.05, 0.1) is 22.1 Å². The van der Waals surface area contributed by atoms with E-state index in [4.69, 9.17) is 0 Å². The van der Waals surface area contributed by atoms with Crippen LogP contribution in [0.15, 0.2) is 267 Å². The number of hydrogen-bond donors (Lipinski definition) is 0. The van der Waals surface area contributed by atoms with E-state index in [-0.39, 0.29) is 0 Å². The number of thiophene rings is 1. The SMILES string of the molecule is c1ccc(N(c2ccc3c(c2)-c2ccccc2C3(c2ccccc2)c2ccccc2)c2ccccc2-c2cccc(-c3ccc4c5ccccc5n(-c5ccc6c(c5)sc5ccccc56)c4c3)c2)cc1. The van der Waals surface area contributed by atoms with Crippen molar-refractivity contribution in [1.29, 1.82) is 0 Å². The molecule has 0 N–H and O–H groups in total. The fraction of sp³-hybridized carbons (Fsp3) is 0.0149. The average Bonchev–Trinajstić information content (AvgIpc) is 4.08. The fourth-order valence-corrected chi connectivity index (χ4v) is 12.8. The molecule has 0 atom stereocenters. The molecule has 0 spiro atoms. The molecule has 1 aliphatic carbocycles. The number of hydrogen-bond acceptors (Lipinski definition) is 2. The van der Waals surface area contributed by atoms with Gasteiger partial charge in [0.1, 0.15) is 0 Å². The van der Waals surface area contributed by atoms with E-state index in [1.165, 1.54) is 92.2 Å². The summed E-state index contributed by atoms with van der Waals surface area (Å²) in [5, 5.41) is 5.13. The predicted molar refractivity (Wildman–Crippen MR) is 297 cm³/mol. The molecule has 0 radical (unpaired) electrons. The highest BCUT2D eigenvalue weighted by atomic mass is 32.1. The standard InChI is InChI=1S/C67H44N2S/c1-4-21-48(22-5-1)67(49-23-6-2-7-24-49)60-31-14-10-28-54(60)59-43-51(37-40-61(59)67)68(50-25-8-3-9-26-50)62-32-15-11-27-53(62)47-20-18-19-45(41-47)46-35-38-56-55-29-12-16-33-63(55)69(64(56)42-46)52-36-39-58-57-30-13-17-34-65(57)70-66(58)44-52/h1-44H. The second-order valence-electron chi connectivity index (χ2n) is 18.4. The molecule has 0 amide bonds. The van der Waals surface area contributed by atoms with Crippen LogP contribution in [0, 0.1) is 0 Å². The summed E-state index contributed by atoms with van der Waals surface area (Å²) >= 11 is 1.87. The van der Waals surface area contributed by atoms with Crippen molar-refractivity contribution < 1.29 is 0 Å². The lowest BCUT2D eigenvalue weighted by molar-refractivity contribution is 0.768. The van der Waals surface area contributed by atoms with Crippen molar-refractivity contribution >= 4 is 70.4 Å². The molecule has 0 saturated heterocycles. The van der Waals surface area contributed by atoms with Crippen LogP contribution in [0.5, 0.6) is 0 Å². The molecule has 2 nitrogen and oxygen atoms in total. The number of benzene rings is 11. The van der Waals surface area contributed by atoms with Crippen molar-refractivity contribution in [2.75, 3.05) is 4.90 Å². The van der Waals surface area contributed by atoms with E-state index in [1.54, 1.807) is 0 Å². The summed E-state index contributed by atoms with van der Waals surface area (Å²) in [6.07, 6.45) is 0. The molecule has 328 valence electrons. The molecule has 70 heavy (non-hydrogen) atoms. The van der Waals surface area contributed by atoms with Crippen molar-refractivity contribution in [2.24, 2.45) is 0 Å². The average molecular weight is 909 g/mol. The molecule has 13 aromatic rings. The molecular weight excluding hydrogens is 865 g/mol. The van der Waals surface area contributed by atoms with E-state index in [1.807, 2.05) is 11.3 Å². The molecule has 2 heterocycles. The number of fused-ring (bicyclic) bond motifs is 9. The largest absolute Gasteiger partial charge is 0.310 e. The summed E-state index contributed by atoms with van der Waals surface area (Å²) in [6.45, 7) is 0. The zero-order chi connectivity index (χ0) is 46.2. The molecule has 11 aromatic carbocycles. The Morgan fingerprint density at radius 1 is 0.329 bits per heavy atom. The Kier molecular flexibility index (Phi) is 9.33. The maximum absolute atomic E-state index is 2.45. The minimum atomic E-state index is -0.465. The van der Waals surface area contributed by atoms with E-state index >= 15 is 0 Å². The van der Waals surface area contributed by atoms with Crippen LogP contribution in [0.25, 0.3) is 81.0 Å². The van der Waals surface area contributed by atoms with Crippen LogP contribution >= 0.6 is 11.3 Å². The smallest absolute Gasteiger partial charge is 0.0713 e. The van der Waals surface area contributed by atoms with Gasteiger partial charge in [-0.25, -0.2) is 0 Å². The van der Waals surface area contributed by atoms with Gasteiger partial charge >= 0.3 is 0 Å². The molecule has 0 bridgehead atoms. The lowest BCUT2D eigenvalue weighted by atomic mass is 9.68. The zero-order valence-electron chi connectivity index (χ0n) is 38.2. The van der Waals surface area contributed by atoms with Crippen LogP contribution in [0.1, 0.15) is 22.3 Å². The van der Waals surface area contributed by atoms with Crippen molar-refractivity contribution in [3.8, 4) is 39.1 Å². The van der Waals surface area contributed by atoms with Gasteiger partial charge in [0, 0.05) is 53.6 Å². The number of rotatable bonds is 8. The van der Waals surface area contributed by atoms with Crippen molar-refractivity contribution in [3.63, 3.8) is 0 Å². The molecule has 0 saturated carbocycles.